The number of primary amides is 1. The van der Waals surface area contributed by atoms with Crippen LogP contribution < -0.4 is 11.1 Å². The molecular formula is C21H23N3O5. The van der Waals surface area contributed by atoms with Crippen LogP contribution in [0.3, 0.4) is 0 Å². The zero-order valence-corrected chi connectivity index (χ0v) is 15.7. The number of carboxylic acid groups (broad SMARTS) is 1. The second kappa shape index (κ2) is 8.74. The van der Waals surface area contributed by atoms with E-state index in [4.69, 9.17) is 5.73 Å². The van der Waals surface area contributed by atoms with Gasteiger partial charge in [0, 0.05) is 12.8 Å². The Morgan fingerprint density at radius 2 is 1.69 bits per heavy atom. The first-order chi connectivity index (χ1) is 13.8. The van der Waals surface area contributed by atoms with Gasteiger partial charge in [-0.1, -0.05) is 54.6 Å². The zero-order chi connectivity index (χ0) is 21.0. The molecule has 3 atom stereocenters. The van der Waals surface area contributed by atoms with E-state index in [9.17, 15) is 24.6 Å². The molecule has 0 aromatic heterocycles. The zero-order valence-electron chi connectivity index (χ0n) is 15.7. The van der Waals surface area contributed by atoms with Crippen molar-refractivity contribution in [2.75, 3.05) is 6.54 Å². The van der Waals surface area contributed by atoms with Crippen LogP contribution >= 0.6 is 0 Å². The smallest absolute Gasteiger partial charge is 0.408 e. The van der Waals surface area contributed by atoms with E-state index in [-0.39, 0.29) is 19.4 Å². The van der Waals surface area contributed by atoms with Gasteiger partial charge in [-0.3, -0.25) is 14.5 Å². The van der Waals surface area contributed by atoms with Gasteiger partial charge in [0.1, 0.15) is 12.1 Å². The highest BCUT2D eigenvalue weighted by atomic mass is 16.4. The molecule has 0 radical (unpaired) electrons. The predicted octanol–water partition coefficient (Wildman–Crippen LogP) is 0.979. The number of β-amino-alcohol motifs (C(OH)–C–C–N with tert-alkyl or cyclic N) is 1. The van der Waals surface area contributed by atoms with Gasteiger partial charge in [0.2, 0.25) is 11.8 Å². The van der Waals surface area contributed by atoms with Gasteiger partial charge in [-0.2, -0.15) is 0 Å². The molecule has 3 amide bonds. The summed E-state index contributed by atoms with van der Waals surface area (Å²) in [6.45, 7) is -0.143. The minimum atomic E-state index is -1.30. The molecule has 1 heterocycles. The van der Waals surface area contributed by atoms with Gasteiger partial charge in [-0.25, -0.2) is 4.79 Å². The first kappa shape index (κ1) is 20.3. The molecule has 2 aromatic carbocycles. The molecule has 5 N–H and O–H groups in total. The van der Waals surface area contributed by atoms with Gasteiger partial charge in [0.15, 0.2) is 0 Å². The van der Waals surface area contributed by atoms with Crippen molar-refractivity contribution in [3.05, 3.63) is 60.2 Å². The normalized spacial score (nSPS) is 19.6. The van der Waals surface area contributed by atoms with E-state index in [2.05, 4.69) is 5.32 Å². The van der Waals surface area contributed by atoms with Crippen LogP contribution in [0.5, 0.6) is 0 Å². The lowest BCUT2D eigenvalue weighted by Crippen LogP contribution is -2.52. The van der Waals surface area contributed by atoms with E-state index >= 15 is 0 Å². The van der Waals surface area contributed by atoms with Crippen LogP contribution in [-0.4, -0.2) is 57.8 Å². The number of rotatable bonds is 6. The fourth-order valence-corrected chi connectivity index (χ4v) is 3.46. The lowest BCUT2D eigenvalue weighted by atomic mass is 10.00. The molecule has 0 bridgehead atoms. The number of hydrogen-bond donors (Lipinski definition) is 4. The van der Waals surface area contributed by atoms with Gasteiger partial charge >= 0.3 is 6.09 Å². The number of hydrogen-bond acceptors (Lipinski definition) is 4. The number of benzene rings is 2. The summed E-state index contributed by atoms with van der Waals surface area (Å²) in [4.78, 5) is 36.5. The first-order valence-corrected chi connectivity index (χ1v) is 9.27. The second-order valence-electron chi connectivity index (χ2n) is 7.07. The van der Waals surface area contributed by atoms with E-state index in [0.717, 1.165) is 21.6 Å². The van der Waals surface area contributed by atoms with Crippen LogP contribution in [0.15, 0.2) is 54.6 Å². The lowest BCUT2D eigenvalue weighted by molar-refractivity contribution is -0.129. The summed E-state index contributed by atoms with van der Waals surface area (Å²) in [5.41, 5.74) is 8.32. The van der Waals surface area contributed by atoms with Crippen LogP contribution in [0.4, 0.5) is 4.79 Å². The Balaban J connectivity index is 1.68. The van der Waals surface area contributed by atoms with E-state index < -0.39 is 36.1 Å². The molecule has 0 saturated carbocycles. The maximum Gasteiger partial charge on any atom is 0.408 e. The molecule has 2 unspecified atom stereocenters. The monoisotopic (exact) mass is 397 g/mol. The Hall–Kier alpha value is -3.39. The summed E-state index contributed by atoms with van der Waals surface area (Å²) in [6, 6.07) is 15.3. The van der Waals surface area contributed by atoms with Crippen molar-refractivity contribution in [3.8, 4) is 11.1 Å². The van der Waals surface area contributed by atoms with Crippen LogP contribution in [0, 0.1) is 0 Å². The van der Waals surface area contributed by atoms with Crippen molar-refractivity contribution in [2.45, 2.75) is 31.0 Å². The molecule has 1 aliphatic rings. The molecular weight excluding hydrogens is 374 g/mol. The summed E-state index contributed by atoms with van der Waals surface area (Å²) >= 11 is 0. The van der Waals surface area contributed by atoms with Crippen molar-refractivity contribution < 1.29 is 24.6 Å². The Labute approximate surface area is 167 Å². The van der Waals surface area contributed by atoms with E-state index in [1.54, 1.807) is 0 Å². The molecule has 1 saturated heterocycles. The van der Waals surface area contributed by atoms with E-state index in [1.807, 2.05) is 54.6 Å². The fraction of sp³-hybridized carbons (Fsp3) is 0.286. The van der Waals surface area contributed by atoms with Crippen molar-refractivity contribution in [1.29, 1.82) is 0 Å². The molecule has 0 aliphatic carbocycles. The molecule has 152 valence electrons. The number of aliphatic hydroxyl groups is 1. The van der Waals surface area contributed by atoms with Crippen LogP contribution in [0.2, 0.25) is 0 Å². The third kappa shape index (κ3) is 4.91. The molecule has 1 fully saturated rings. The van der Waals surface area contributed by atoms with Crippen molar-refractivity contribution in [1.82, 2.24) is 10.2 Å². The average molecular weight is 397 g/mol. The van der Waals surface area contributed by atoms with Gasteiger partial charge in [0.05, 0.1) is 12.6 Å². The average Bonchev–Trinajstić information content (AvgIpc) is 3.11. The number of amides is 3. The number of carbonyl (C=O) groups is 3. The maximum absolute atomic E-state index is 12.5. The SMILES string of the molecule is NC(=O)[C@@H](Cc1ccc(-c2ccccc2)cc1)NC(=O)C1CC(O)CN1C(=O)O. The number of aliphatic hydroxyl groups excluding tert-OH is 1. The first-order valence-electron chi connectivity index (χ1n) is 9.27. The summed E-state index contributed by atoms with van der Waals surface area (Å²) in [6.07, 6.45) is -2.05. The van der Waals surface area contributed by atoms with Crippen molar-refractivity contribution >= 4 is 17.9 Å². The van der Waals surface area contributed by atoms with E-state index in [1.165, 1.54) is 0 Å². The maximum atomic E-state index is 12.5. The Morgan fingerprint density at radius 1 is 1.07 bits per heavy atom. The van der Waals surface area contributed by atoms with Crippen LogP contribution in [0.1, 0.15) is 12.0 Å². The number of nitrogens with two attached hydrogens (primary N) is 1. The van der Waals surface area contributed by atoms with Gasteiger partial charge in [0.25, 0.3) is 0 Å². The molecule has 0 spiro atoms. The predicted molar refractivity (Wildman–Crippen MR) is 106 cm³/mol. The van der Waals surface area contributed by atoms with Crippen molar-refractivity contribution in [2.24, 2.45) is 5.73 Å². The van der Waals surface area contributed by atoms with Gasteiger partial charge in [-0.15, -0.1) is 0 Å². The summed E-state index contributed by atoms with van der Waals surface area (Å²) in [5, 5.41) is 21.4. The Kier molecular flexibility index (Phi) is 6.13. The third-order valence-electron chi connectivity index (χ3n) is 4.99. The molecule has 29 heavy (non-hydrogen) atoms. The van der Waals surface area contributed by atoms with Crippen LogP contribution in [0.25, 0.3) is 11.1 Å². The third-order valence-corrected chi connectivity index (χ3v) is 4.99. The number of likely N-dealkylation sites (tertiary alicyclic amines) is 1. The van der Waals surface area contributed by atoms with E-state index in [0.29, 0.717) is 0 Å². The standard InChI is InChI=1S/C21H23N3O5/c22-19(26)17(23-20(27)18-11-16(25)12-24(18)21(28)29)10-13-6-8-15(9-7-13)14-4-2-1-3-5-14/h1-9,16-18,25H,10-12H2,(H2,22,26)(H,23,27)(H,28,29)/t16?,17-,18?/m1/s1. The summed E-state index contributed by atoms with van der Waals surface area (Å²) < 4.78 is 0. The lowest BCUT2D eigenvalue weighted by Gasteiger charge is -2.23. The quantitative estimate of drug-likeness (QED) is 0.577. The van der Waals surface area contributed by atoms with Crippen LogP contribution in [-0.2, 0) is 16.0 Å². The fourth-order valence-electron chi connectivity index (χ4n) is 3.46. The highest BCUT2D eigenvalue weighted by Gasteiger charge is 2.39. The molecule has 1 aliphatic heterocycles. The van der Waals surface area contributed by atoms with Gasteiger partial charge in [-0.05, 0) is 16.7 Å². The highest BCUT2D eigenvalue weighted by Crippen LogP contribution is 2.21. The largest absolute Gasteiger partial charge is 0.465 e. The molecule has 3 rings (SSSR count). The summed E-state index contributed by atoms with van der Waals surface area (Å²) in [5.74, 6) is -1.36. The number of nitrogens with one attached hydrogen (secondary N) is 1. The highest BCUT2D eigenvalue weighted by molar-refractivity contribution is 5.91. The molecule has 8 heteroatoms. The molecule has 2 aromatic rings. The Bertz CT molecular complexity index is 885. The minimum absolute atomic E-state index is 0.0185. The number of carbonyl (C=O) groups excluding carboxylic acids is 2. The van der Waals surface area contributed by atoms with Gasteiger partial charge < -0.3 is 21.3 Å². The minimum Gasteiger partial charge on any atom is -0.465 e. The molecule has 8 nitrogen and oxygen atoms in total. The van der Waals surface area contributed by atoms with Crippen molar-refractivity contribution in [3.63, 3.8) is 0 Å². The topological polar surface area (TPSA) is 133 Å². The number of nitrogens with zero attached hydrogens (tertiary/aromatic N) is 1. The second-order valence-corrected chi connectivity index (χ2v) is 7.07. The Morgan fingerprint density at radius 3 is 2.28 bits per heavy atom. The summed E-state index contributed by atoms with van der Waals surface area (Å²) in [7, 11) is 0.